The minimum Gasteiger partial charge on any atom is -0.481 e. The number of hydrogen-bond acceptors (Lipinski definition) is 5. The van der Waals surface area contributed by atoms with Crippen LogP contribution in [-0.4, -0.2) is 37.0 Å². The van der Waals surface area contributed by atoms with Crippen LogP contribution in [0, 0.1) is 5.41 Å². The van der Waals surface area contributed by atoms with Crippen molar-refractivity contribution in [3.05, 3.63) is 0 Å². The number of aromatic nitrogens is 4. The molecule has 0 aliphatic heterocycles. The van der Waals surface area contributed by atoms with E-state index in [0.717, 1.165) is 12.8 Å². The first kappa shape index (κ1) is 12.3. The van der Waals surface area contributed by atoms with E-state index in [1.807, 2.05) is 0 Å². The lowest BCUT2D eigenvalue weighted by atomic mass is 9.87. The van der Waals surface area contributed by atoms with Gasteiger partial charge in [0.1, 0.15) is 0 Å². The molecule has 1 unspecified atom stereocenters. The predicted molar refractivity (Wildman–Crippen MR) is 62.8 cm³/mol. The van der Waals surface area contributed by atoms with E-state index in [9.17, 15) is 4.79 Å². The van der Waals surface area contributed by atoms with Gasteiger partial charge in [-0.1, -0.05) is 32.0 Å². The van der Waals surface area contributed by atoms with E-state index in [2.05, 4.69) is 29.4 Å². The summed E-state index contributed by atoms with van der Waals surface area (Å²) in [6, 6.07) is 0.272. The van der Waals surface area contributed by atoms with Gasteiger partial charge in [-0.05, 0) is 28.7 Å². The molecule has 0 aromatic carbocycles. The van der Waals surface area contributed by atoms with Crippen LogP contribution in [-0.2, 0) is 4.79 Å². The third-order valence-corrected chi connectivity index (χ3v) is 4.20. The van der Waals surface area contributed by atoms with Gasteiger partial charge in [-0.3, -0.25) is 4.79 Å². The number of tetrazole rings is 1. The number of rotatable bonds is 4. The molecule has 6 nitrogen and oxygen atoms in total. The number of aliphatic carboxylic acids is 1. The molecule has 1 atom stereocenters. The van der Waals surface area contributed by atoms with Gasteiger partial charge in [-0.2, -0.15) is 0 Å². The standard InChI is InChI=1S/C10H16N4O2S/c1-10(2)5-3-4-7(10)14-9(11-12-13-14)17-6-8(15)16/h7H,3-6H2,1-2H3,(H,15,16). The zero-order valence-corrected chi connectivity index (χ0v) is 10.8. The highest BCUT2D eigenvalue weighted by molar-refractivity contribution is 7.99. The van der Waals surface area contributed by atoms with Gasteiger partial charge in [0.2, 0.25) is 5.16 Å². The summed E-state index contributed by atoms with van der Waals surface area (Å²) in [6.07, 6.45) is 3.37. The fourth-order valence-corrected chi connectivity index (χ4v) is 3.01. The highest BCUT2D eigenvalue weighted by atomic mass is 32.2. The molecular formula is C10H16N4O2S. The Morgan fingerprint density at radius 3 is 3.00 bits per heavy atom. The fourth-order valence-electron chi connectivity index (χ4n) is 2.36. The molecule has 1 saturated carbocycles. The summed E-state index contributed by atoms with van der Waals surface area (Å²) in [4.78, 5) is 10.6. The first-order valence-electron chi connectivity index (χ1n) is 5.63. The van der Waals surface area contributed by atoms with Crippen LogP contribution in [0.4, 0.5) is 0 Å². The molecule has 2 rings (SSSR count). The lowest BCUT2D eigenvalue weighted by Gasteiger charge is -2.26. The number of carboxylic acid groups (broad SMARTS) is 1. The van der Waals surface area contributed by atoms with Crippen LogP contribution in [0.5, 0.6) is 0 Å². The lowest BCUT2D eigenvalue weighted by molar-refractivity contribution is -0.133. The average molecular weight is 256 g/mol. The lowest BCUT2D eigenvalue weighted by Crippen LogP contribution is -2.23. The first-order valence-corrected chi connectivity index (χ1v) is 6.62. The van der Waals surface area contributed by atoms with E-state index < -0.39 is 5.97 Å². The van der Waals surface area contributed by atoms with Gasteiger partial charge in [0.05, 0.1) is 11.8 Å². The Hall–Kier alpha value is -1.11. The maximum Gasteiger partial charge on any atom is 0.313 e. The smallest absolute Gasteiger partial charge is 0.313 e. The molecule has 1 aromatic heterocycles. The molecule has 0 saturated heterocycles. The van der Waals surface area contributed by atoms with E-state index >= 15 is 0 Å². The minimum atomic E-state index is -0.852. The summed E-state index contributed by atoms with van der Waals surface area (Å²) in [5.41, 5.74) is 0.175. The molecule has 1 heterocycles. The van der Waals surface area contributed by atoms with E-state index in [4.69, 9.17) is 5.11 Å². The quantitative estimate of drug-likeness (QED) is 0.824. The Morgan fingerprint density at radius 1 is 1.65 bits per heavy atom. The molecular weight excluding hydrogens is 240 g/mol. The predicted octanol–water partition coefficient (Wildman–Crippen LogP) is 1.60. The number of hydrogen-bond donors (Lipinski definition) is 1. The van der Waals surface area contributed by atoms with Crippen LogP contribution in [0.25, 0.3) is 0 Å². The SMILES string of the molecule is CC1(C)CCCC1n1nnnc1SCC(=O)O. The van der Waals surface area contributed by atoms with Crippen molar-refractivity contribution in [3.8, 4) is 0 Å². The second-order valence-corrected chi connectivity index (χ2v) is 5.93. The first-order chi connectivity index (χ1) is 8.00. The average Bonchev–Trinajstić information content (AvgIpc) is 2.80. The van der Waals surface area contributed by atoms with Crippen LogP contribution >= 0.6 is 11.8 Å². The van der Waals surface area contributed by atoms with Gasteiger partial charge < -0.3 is 5.11 Å². The zero-order chi connectivity index (χ0) is 12.5. The van der Waals surface area contributed by atoms with Crippen LogP contribution in [0.2, 0.25) is 0 Å². The van der Waals surface area contributed by atoms with Crippen molar-refractivity contribution in [1.29, 1.82) is 0 Å². The van der Waals surface area contributed by atoms with Crippen molar-refractivity contribution < 1.29 is 9.90 Å². The van der Waals surface area contributed by atoms with E-state index in [-0.39, 0.29) is 17.2 Å². The van der Waals surface area contributed by atoms with Crippen molar-refractivity contribution in [1.82, 2.24) is 20.2 Å². The van der Waals surface area contributed by atoms with Gasteiger partial charge in [-0.25, -0.2) is 4.68 Å². The summed E-state index contributed by atoms with van der Waals surface area (Å²) < 4.78 is 1.79. The Kier molecular flexibility index (Phi) is 3.37. The van der Waals surface area contributed by atoms with Crippen LogP contribution in [0.15, 0.2) is 5.16 Å². The minimum absolute atomic E-state index is 0.00643. The Labute approximate surface area is 104 Å². The Balaban J connectivity index is 2.16. The van der Waals surface area contributed by atoms with Gasteiger partial charge in [0.25, 0.3) is 0 Å². The molecule has 1 aliphatic rings. The summed E-state index contributed by atoms with van der Waals surface area (Å²) in [5, 5.41) is 20.8. The summed E-state index contributed by atoms with van der Waals surface area (Å²) in [5.74, 6) is -0.858. The third kappa shape index (κ3) is 2.59. The summed E-state index contributed by atoms with van der Waals surface area (Å²) in [6.45, 7) is 4.41. The summed E-state index contributed by atoms with van der Waals surface area (Å²) in [7, 11) is 0. The van der Waals surface area contributed by atoms with Crippen molar-refractivity contribution in [2.24, 2.45) is 5.41 Å². The highest BCUT2D eigenvalue weighted by Crippen LogP contribution is 2.46. The van der Waals surface area contributed by atoms with Gasteiger partial charge in [0.15, 0.2) is 0 Å². The molecule has 1 fully saturated rings. The van der Waals surface area contributed by atoms with Crippen LogP contribution in [0.3, 0.4) is 0 Å². The molecule has 0 bridgehead atoms. The maximum atomic E-state index is 10.6. The molecule has 1 aliphatic carbocycles. The topological polar surface area (TPSA) is 80.9 Å². The van der Waals surface area contributed by atoms with Gasteiger partial charge in [-0.15, -0.1) is 5.10 Å². The van der Waals surface area contributed by atoms with Crippen LogP contribution in [0.1, 0.15) is 39.2 Å². The van der Waals surface area contributed by atoms with E-state index in [1.165, 1.54) is 18.2 Å². The molecule has 1 aromatic rings. The zero-order valence-electron chi connectivity index (χ0n) is 9.96. The molecule has 7 heteroatoms. The van der Waals surface area contributed by atoms with Crippen molar-refractivity contribution in [2.75, 3.05) is 5.75 Å². The molecule has 0 radical (unpaired) electrons. The van der Waals surface area contributed by atoms with Crippen molar-refractivity contribution in [3.63, 3.8) is 0 Å². The molecule has 94 valence electrons. The highest BCUT2D eigenvalue weighted by Gasteiger charge is 2.37. The summed E-state index contributed by atoms with van der Waals surface area (Å²) >= 11 is 1.18. The van der Waals surface area contributed by atoms with Crippen molar-refractivity contribution in [2.45, 2.75) is 44.3 Å². The maximum absolute atomic E-state index is 10.6. The van der Waals surface area contributed by atoms with Crippen molar-refractivity contribution >= 4 is 17.7 Å². The molecule has 0 amide bonds. The number of carbonyl (C=O) groups is 1. The number of thioether (sulfide) groups is 1. The number of nitrogens with zero attached hydrogens (tertiary/aromatic N) is 4. The monoisotopic (exact) mass is 256 g/mol. The number of carboxylic acids is 1. The second kappa shape index (κ2) is 4.64. The van der Waals surface area contributed by atoms with Gasteiger partial charge in [0, 0.05) is 0 Å². The molecule has 17 heavy (non-hydrogen) atoms. The molecule has 0 spiro atoms. The Morgan fingerprint density at radius 2 is 2.41 bits per heavy atom. The Bertz CT molecular complexity index is 418. The molecule has 1 N–H and O–H groups in total. The van der Waals surface area contributed by atoms with Gasteiger partial charge >= 0.3 is 5.97 Å². The largest absolute Gasteiger partial charge is 0.481 e. The third-order valence-electron chi connectivity index (χ3n) is 3.28. The van der Waals surface area contributed by atoms with E-state index in [0.29, 0.717) is 5.16 Å². The second-order valence-electron chi connectivity index (χ2n) is 4.99. The van der Waals surface area contributed by atoms with E-state index in [1.54, 1.807) is 4.68 Å². The fraction of sp³-hybridized carbons (Fsp3) is 0.800. The van der Waals surface area contributed by atoms with Crippen LogP contribution < -0.4 is 0 Å². The normalized spacial score (nSPS) is 22.8.